The number of methoxy groups -OCH3 is 1. The molecule has 0 radical (unpaired) electrons. The van der Waals surface area contributed by atoms with Crippen molar-refractivity contribution in [2.45, 2.75) is 44.8 Å². The van der Waals surface area contributed by atoms with Crippen LogP contribution < -0.4 is 10.9 Å². The van der Waals surface area contributed by atoms with Crippen LogP contribution in [0.5, 0.6) is 5.75 Å². The fourth-order valence-corrected chi connectivity index (χ4v) is 4.59. The molecule has 1 amide bonds. The number of halogens is 2. The summed E-state index contributed by atoms with van der Waals surface area (Å²) in [5.41, 5.74) is -0.498. The smallest absolute Gasteiger partial charge is 0.296 e. The first-order valence-electron chi connectivity index (χ1n) is 11.9. The number of carbonyl (C=O) groups excluding carboxylic acids is 1. The van der Waals surface area contributed by atoms with Crippen molar-refractivity contribution in [3.8, 4) is 5.75 Å². The maximum atomic E-state index is 14.4. The van der Waals surface area contributed by atoms with Gasteiger partial charge in [-0.1, -0.05) is 23.7 Å². The largest absolute Gasteiger partial charge is 0.501 e. The molecule has 0 bridgehead atoms. The Morgan fingerprint density at radius 1 is 1.33 bits per heavy atom. The van der Waals surface area contributed by atoms with Gasteiger partial charge >= 0.3 is 0 Å². The fourth-order valence-electron chi connectivity index (χ4n) is 4.35. The normalized spacial score (nSPS) is 13.3. The molecular weight excluding hydrogens is 531 g/mol. The number of hydrogen-bond acceptors (Lipinski definition) is 8. The Kier molecular flexibility index (Phi) is 7.89. The van der Waals surface area contributed by atoms with Crippen LogP contribution in [0.3, 0.4) is 0 Å². The number of benzene rings is 1. The lowest BCUT2D eigenvalue weighted by molar-refractivity contribution is 0.00539. The van der Waals surface area contributed by atoms with Crippen molar-refractivity contribution < 1.29 is 23.6 Å². The first-order chi connectivity index (χ1) is 18.4. The van der Waals surface area contributed by atoms with Crippen molar-refractivity contribution in [3.05, 3.63) is 86.9 Å². The van der Waals surface area contributed by atoms with Gasteiger partial charge in [-0.3, -0.25) is 18.8 Å². The first-order valence-corrected chi connectivity index (χ1v) is 12.3. The van der Waals surface area contributed by atoms with E-state index in [1.54, 1.807) is 31.1 Å². The molecule has 0 aliphatic carbocycles. The van der Waals surface area contributed by atoms with Gasteiger partial charge in [0.25, 0.3) is 11.5 Å². The Hall–Kier alpha value is -4.03. The molecule has 3 aromatic heterocycles. The lowest BCUT2D eigenvalue weighted by Crippen LogP contribution is -2.29. The van der Waals surface area contributed by atoms with Crippen LogP contribution in [0.25, 0.3) is 0 Å². The van der Waals surface area contributed by atoms with Crippen LogP contribution in [0.2, 0.25) is 5.02 Å². The standard InChI is InChI=1S/C26H28ClFN6O5/c1-14(23-32-21(22(35)25(37)33(23)4)24(36)31-17-10-30-39-12-17)20(18-8-16(28)6-7-19(18)27)15-9-29-34(11-15)13-26(2,3)38-5/h6-12,14,20,35H,13H2,1-5H3,(H,31,36). The number of hydrogen-bond donors (Lipinski definition) is 2. The molecule has 2 N–H and O–H groups in total. The Labute approximate surface area is 228 Å². The van der Waals surface area contributed by atoms with E-state index in [4.69, 9.17) is 20.9 Å². The second kappa shape index (κ2) is 11.0. The van der Waals surface area contributed by atoms with Crippen molar-refractivity contribution >= 4 is 23.2 Å². The molecule has 0 aliphatic heterocycles. The number of anilines is 1. The van der Waals surface area contributed by atoms with E-state index < -0.39 is 46.2 Å². The average Bonchev–Trinajstić information content (AvgIpc) is 3.57. The highest BCUT2D eigenvalue weighted by Gasteiger charge is 2.32. The molecule has 0 fully saturated rings. The monoisotopic (exact) mass is 558 g/mol. The SMILES string of the molecule is COC(C)(C)Cn1cc(C(c2cc(F)ccc2Cl)C(C)c2nc(C(=O)Nc3cnoc3)c(O)c(=O)n2C)cn1. The third-order valence-corrected chi connectivity index (χ3v) is 6.86. The zero-order chi connectivity index (χ0) is 28.5. The molecule has 206 valence electrons. The summed E-state index contributed by atoms with van der Waals surface area (Å²) in [6.45, 7) is 6.04. The van der Waals surface area contributed by atoms with Crippen molar-refractivity contribution in [2.75, 3.05) is 12.4 Å². The Bertz CT molecular complexity index is 1550. The van der Waals surface area contributed by atoms with E-state index in [1.807, 2.05) is 13.8 Å². The minimum absolute atomic E-state index is 0.156. The maximum Gasteiger partial charge on any atom is 0.296 e. The quantitative estimate of drug-likeness (QED) is 0.313. The van der Waals surface area contributed by atoms with Gasteiger partial charge in [-0.15, -0.1) is 0 Å². The summed E-state index contributed by atoms with van der Waals surface area (Å²) in [7, 11) is 3.03. The first kappa shape index (κ1) is 28.0. The number of amides is 1. The summed E-state index contributed by atoms with van der Waals surface area (Å²) in [6.07, 6.45) is 5.86. The molecule has 4 aromatic rings. The molecular formula is C26H28ClFN6O5. The van der Waals surface area contributed by atoms with Gasteiger partial charge in [-0.25, -0.2) is 9.37 Å². The van der Waals surface area contributed by atoms with Gasteiger partial charge in [0, 0.05) is 37.2 Å². The minimum Gasteiger partial charge on any atom is -0.501 e. The van der Waals surface area contributed by atoms with E-state index >= 15 is 0 Å². The molecule has 4 rings (SSSR count). The van der Waals surface area contributed by atoms with Crippen molar-refractivity contribution in [1.29, 1.82) is 0 Å². The summed E-state index contributed by atoms with van der Waals surface area (Å²) in [4.78, 5) is 30.3. The highest BCUT2D eigenvalue weighted by molar-refractivity contribution is 6.31. The molecule has 0 aliphatic rings. The van der Waals surface area contributed by atoms with Gasteiger partial charge in [-0.2, -0.15) is 5.10 Å². The van der Waals surface area contributed by atoms with Crippen LogP contribution in [0.4, 0.5) is 10.1 Å². The number of nitrogens with zero attached hydrogens (tertiary/aromatic N) is 5. The molecule has 2 unspecified atom stereocenters. The average molecular weight is 559 g/mol. The molecule has 39 heavy (non-hydrogen) atoms. The molecule has 0 saturated heterocycles. The fraction of sp³-hybridized carbons (Fsp3) is 0.346. The van der Waals surface area contributed by atoms with E-state index in [1.165, 1.54) is 37.7 Å². The van der Waals surface area contributed by atoms with Crippen LogP contribution in [0, 0.1) is 5.82 Å². The Balaban J connectivity index is 1.83. The number of aromatic nitrogens is 5. The maximum absolute atomic E-state index is 14.4. The Morgan fingerprint density at radius 2 is 2.08 bits per heavy atom. The summed E-state index contributed by atoms with van der Waals surface area (Å²) in [5.74, 6) is -3.28. The molecule has 3 heterocycles. The third-order valence-electron chi connectivity index (χ3n) is 6.51. The van der Waals surface area contributed by atoms with E-state index in [0.717, 1.165) is 4.57 Å². The molecule has 2 atom stereocenters. The van der Waals surface area contributed by atoms with Crippen LogP contribution >= 0.6 is 11.6 Å². The number of nitrogens with one attached hydrogen (secondary N) is 1. The summed E-state index contributed by atoms with van der Waals surface area (Å²) in [5, 5.41) is 21.2. The zero-order valence-corrected chi connectivity index (χ0v) is 22.7. The summed E-state index contributed by atoms with van der Waals surface area (Å²) >= 11 is 6.54. The second-order valence-electron chi connectivity index (χ2n) is 9.77. The van der Waals surface area contributed by atoms with Crippen molar-refractivity contribution in [1.82, 2.24) is 24.5 Å². The van der Waals surface area contributed by atoms with Gasteiger partial charge in [0.05, 0.1) is 24.5 Å². The van der Waals surface area contributed by atoms with Gasteiger partial charge in [0.1, 0.15) is 23.6 Å². The van der Waals surface area contributed by atoms with E-state index in [2.05, 4.69) is 20.6 Å². The predicted molar refractivity (Wildman–Crippen MR) is 141 cm³/mol. The molecule has 1 aromatic carbocycles. The van der Waals surface area contributed by atoms with Gasteiger partial charge in [-0.05, 0) is 43.2 Å². The van der Waals surface area contributed by atoms with Crippen molar-refractivity contribution in [3.63, 3.8) is 0 Å². The zero-order valence-electron chi connectivity index (χ0n) is 22.0. The van der Waals surface area contributed by atoms with Crippen LogP contribution in [-0.2, 0) is 18.3 Å². The number of aromatic hydroxyl groups is 1. The number of ether oxygens (including phenoxy) is 1. The molecule has 13 heteroatoms. The Morgan fingerprint density at radius 3 is 2.74 bits per heavy atom. The third kappa shape index (κ3) is 5.86. The van der Waals surface area contributed by atoms with E-state index in [9.17, 15) is 19.1 Å². The predicted octanol–water partition coefficient (Wildman–Crippen LogP) is 4.08. The summed E-state index contributed by atoms with van der Waals surface area (Å²) < 4.78 is 27.5. The van der Waals surface area contributed by atoms with E-state index in [0.29, 0.717) is 22.7 Å². The van der Waals surface area contributed by atoms with Gasteiger partial charge in [0.15, 0.2) is 5.69 Å². The molecule has 0 spiro atoms. The molecule has 11 nitrogen and oxygen atoms in total. The molecule has 0 saturated carbocycles. The highest BCUT2D eigenvalue weighted by Crippen LogP contribution is 2.41. The minimum atomic E-state index is -0.836. The number of rotatable bonds is 9. The van der Waals surface area contributed by atoms with Gasteiger partial charge < -0.3 is 19.7 Å². The highest BCUT2D eigenvalue weighted by atomic mass is 35.5. The van der Waals surface area contributed by atoms with Crippen LogP contribution in [0.1, 0.15) is 60.0 Å². The number of carbonyl (C=O) groups is 1. The topological polar surface area (TPSA) is 137 Å². The lowest BCUT2D eigenvalue weighted by atomic mass is 9.82. The van der Waals surface area contributed by atoms with Gasteiger partial charge in [0.2, 0.25) is 5.75 Å². The lowest BCUT2D eigenvalue weighted by Gasteiger charge is -2.26. The van der Waals surface area contributed by atoms with E-state index in [-0.39, 0.29) is 11.5 Å². The van der Waals surface area contributed by atoms with Crippen LogP contribution in [-0.4, -0.2) is 48.2 Å². The second-order valence-corrected chi connectivity index (χ2v) is 10.2. The van der Waals surface area contributed by atoms with Crippen molar-refractivity contribution in [2.24, 2.45) is 7.05 Å². The summed E-state index contributed by atoms with van der Waals surface area (Å²) in [6, 6.07) is 4.02. The van der Waals surface area contributed by atoms with Crippen LogP contribution in [0.15, 0.2) is 52.4 Å².